The SMILES string of the molecule is COc1ccc(-c2oc3ncnc(NC4CCC(NS(C)(=O)=O)CC4)c3c2-c2ccc(OC)cc2)cc1. The van der Waals surface area contributed by atoms with Crippen molar-refractivity contribution in [2.45, 2.75) is 37.8 Å². The predicted octanol–water partition coefficient (Wildman–Crippen LogP) is 4.85. The standard InChI is InChI=1S/C27H30N4O5S/c1-34-21-12-4-17(5-13-21)23-24-26(30-19-8-10-20(11-9-19)31-37(3,32)33)28-16-29-27(24)36-25(23)18-6-14-22(35-2)15-7-18/h4-7,12-16,19-20,31H,8-11H2,1-3H3,(H,28,29,30). The fraction of sp³-hybridized carbons (Fsp3) is 0.333. The third-order valence-corrected chi connectivity index (χ3v) is 7.43. The highest BCUT2D eigenvalue weighted by Crippen LogP contribution is 2.43. The van der Waals surface area contributed by atoms with Crippen molar-refractivity contribution in [1.29, 1.82) is 0 Å². The van der Waals surface area contributed by atoms with Gasteiger partial charge in [0.2, 0.25) is 15.7 Å². The van der Waals surface area contributed by atoms with Crippen LogP contribution in [0.4, 0.5) is 5.82 Å². The van der Waals surface area contributed by atoms with Gasteiger partial charge in [0.05, 0.1) is 25.9 Å². The number of nitrogens with one attached hydrogen (secondary N) is 2. The molecule has 0 atom stereocenters. The summed E-state index contributed by atoms with van der Waals surface area (Å²) in [4.78, 5) is 9.04. The quantitative estimate of drug-likeness (QED) is 0.338. The second kappa shape index (κ2) is 10.4. The van der Waals surface area contributed by atoms with Gasteiger partial charge in [0.25, 0.3) is 0 Å². The van der Waals surface area contributed by atoms with E-state index in [2.05, 4.69) is 20.0 Å². The Labute approximate surface area is 216 Å². The second-order valence-electron chi connectivity index (χ2n) is 9.25. The van der Waals surface area contributed by atoms with Gasteiger partial charge in [-0.05, 0) is 67.6 Å². The van der Waals surface area contributed by atoms with Gasteiger partial charge in [0.15, 0.2) is 0 Å². The Bertz CT molecular complexity index is 1480. The van der Waals surface area contributed by atoms with Crippen LogP contribution in [0.2, 0.25) is 0 Å². The number of nitrogens with zero attached hydrogens (tertiary/aromatic N) is 2. The smallest absolute Gasteiger partial charge is 0.232 e. The van der Waals surface area contributed by atoms with Crippen LogP contribution in [0.25, 0.3) is 33.6 Å². The highest BCUT2D eigenvalue weighted by Gasteiger charge is 2.26. The molecule has 1 saturated carbocycles. The maximum Gasteiger partial charge on any atom is 0.232 e. The number of fused-ring (bicyclic) bond motifs is 1. The second-order valence-corrected chi connectivity index (χ2v) is 11.0. The molecule has 10 heteroatoms. The first-order valence-corrected chi connectivity index (χ1v) is 14.0. The van der Waals surface area contributed by atoms with Crippen molar-refractivity contribution < 1.29 is 22.3 Å². The van der Waals surface area contributed by atoms with E-state index < -0.39 is 10.0 Å². The van der Waals surface area contributed by atoms with Crippen LogP contribution in [0.5, 0.6) is 11.5 Å². The predicted molar refractivity (Wildman–Crippen MR) is 143 cm³/mol. The summed E-state index contributed by atoms with van der Waals surface area (Å²) in [5, 5.41) is 4.39. The number of anilines is 1. The van der Waals surface area contributed by atoms with Crippen molar-refractivity contribution in [3.05, 3.63) is 54.9 Å². The minimum absolute atomic E-state index is 0.0380. The largest absolute Gasteiger partial charge is 0.497 e. The first-order valence-electron chi connectivity index (χ1n) is 12.1. The van der Waals surface area contributed by atoms with Gasteiger partial charge in [-0.25, -0.2) is 23.1 Å². The van der Waals surface area contributed by atoms with Crippen molar-refractivity contribution in [3.8, 4) is 33.9 Å². The Kier molecular flexibility index (Phi) is 7.03. The summed E-state index contributed by atoms with van der Waals surface area (Å²) in [6, 6.07) is 15.6. The molecular formula is C27H30N4O5S. The van der Waals surface area contributed by atoms with Crippen LogP contribution >= 0.6 is 0 Å². The molecule has 0 amide bonds. The number of furan rings is 1. The molecule has 0 bridgehead atoms. The van der Waals surface area contributed by atoms with Crippen LogP contribution in [0.3, 0.4) is 0 Å². The molecule has 1 aliphatic rings. The van der Waals surface area contributed by atoms with Gasteiger partial charge < -0.3 is 19.2 Å². The van der Waals surface area contributed by atoms with Crippen molar-refractivity contribution in [2.24, 2.45) is 0 Å². The molecule has 0 radical (unpaired) electrons. The van der Waals surface area contributed by atoms with Crippen LogP contribution < -0.4 is 19.5 Å². The van der Waals surface area contributed by atoms with Crippen molar-refractivity contribution in [3.63, 3.8) is 0 Å². The molecule has 1 aliphatic carbocycles. The lowest BCUT2D eigenvalue weighted by Gasteiger charge is -2.29. The average Bonchev–Trinajstić information content (AvgIpc) is 3.30. The molecule has 0 aliphatic heterocycles. The van der Waals surface area contributed by atoms with Crippen LogP contribution in [0.1, 0.15) is 25.7 Å². The summed E-state index contributed by atoms with van der Waals surface area (Å²) in [6.07, 6.45) is 5.86. The normalized spacial score (nSPS) is 18.0. The molecule has 2 heterocycles. The zero-order chi connectivity index (χ0) is 26.0. The van der Waals surface area contributed by atoms with E-state index in [0.29, 0.717) is 17.3 Å². The zero-order valence-corrected chi connectivity index (χ0v) is 21.8. The molecule has 37 heavy (non-hydrogen) atoms. The van der Waals surface area contributed by atoms with E-state index in [4.69, 9.17) is 13.9 Å². The minimum Gasteiger partial charge on any atom is -0.497 e. The van der Waals surface area contributed by atoms with E-state index >= 15 is 0 Å². The Morgan fingerprint density at radius 3 is 1.97 bits per heavy atom. The van der Waals surface area contributed by atoms with Crippen LogP contribution in [-0.4, -0.2) is 50.9 Å². The highest BCUT2D eigenvalue weighted by molar-refractivity contribution is 7.88. The maximum atomic E-state index is 11.6. The minimum atomic E-state index is -3.22. The summed E-state index contributed by atoms with van der Waals surface area (Å²) < 4.78 is 43.0. The number of hydrogen-bond donors (Lipinski definition) is 2. The van der Waals surface area contributed by atoms with E-state index in [0.717, 1.165) is 59.3 Å². The molecule has 2 N–H and O–H groups in total. The van der Waals surface area contributed by atoms with Gasteiger partial charge in [-0.2, -0.15) is 0 Å². The van der Waals surface area contributed by atoms with Crippen LogP contribution in [-0.2, 0) is 10.0 Å². The monoisotopic (exact) mass is 522 g/mol. The average molecular weight is 523 g/mol. The molecule has 0 spiro atoms. The van der Waals surface area contributed by atoms with Crippen molar-refractivity contribution in [1.82, 2.24) is 14.7 Å². The van der Waals surface area contributed by atoms with E-state index in [1.807, 2.05) is 48.5 Å². The molecule has 1 fully saturated rings. The molecular weight excluding hydrogens is 492 g/mol. The number of methoxy groups -OCH3 is 2. The number of sulfonamides is 1. The van der Waals surface area contributed by atoms with Crippen molar-refractivity contribution in [2.75, 3.05) is 25.8 Å². The lowest BCUT2D eigenvalue weighted by Crippen LogP contribution is -2.39. The molecule has 2 aromatic carbocycles. The summed E-state index contributed by atoms with van der Waals surface area (Å²) in [5.74, 6) is 2.90. The third-order valence-electron chi connectivity index (χ3n) is 6.67. The van der Waals surface area contributed by atoms with Gasteiger partial charge in [0, 0.05) is 23.2 Å². The van der Waals surface area contributed by atoms with Crippen LogP contribution in [0, 0.1) is 0 Å². The number of aromatic nitrogens is 2. The Morgan fingerprint density at radius 2 is 1.41 bits per heavy atom. The number of rotatable bonds is 8. The topological polar surface area (TPSA) is 116 Å². The Balaban J connectivity index is 1.53. The fourth-order valence-electron chi connectivity index (χ4n) is 4.87. The fourth-order valence-corrected chi connectivity index (χ4v) is 5.71. The third kappa shape index (κ3) is 5.55. The Hall–Kier alpha value is -3.63. The lowest BCUT2D eigenvalue weighted by molar-refractivity contribution is 0.387. The summed E-state index contributed by atoms with van der Waals surface area (Å²) in [7, 11) is 0.0575. The van der Waals surface area contributed by atoms with Crippen molar-refractivity contribution >= 4 is 26.9 Å². The number of ether oxygens (including phenoxy) is 2. The molecule has 0 unspecified atom stereocenters. The first-order chi connectivity index (χ1) is 17.8. The van der Waals surface area contributed by atoms with Gasteiger partial charge in [-0.1, -0.05) is 12.1 Å². The van der Waals surface area contributed by atoms with Gasteiger partial charge in [0.1, 0.15) is 29.4 Å². The highest BCUT2D eigenvalue weighted by atomic mass is 32.2. The van der Waals surface area contributed by atoms with Gasteiger partial charge in [-0.3, -0.25) is 0 Å². The number of benzene rings is 2. The maximum absolute atomic E-state index is 11.6. The molecule has 9 nitrogen and oxygen atoms in total. The molecule has 0 saturated heterocycles. The molecule has 194 valence electrons. The molecule has 4 aromatic rings. The van der Waals surface area contributed by atoms with Gasteiger partial charge in [-0.15, -0.1) is 0 Å². The van der Waals surface area contributed by atoms with Gasteiger partial charge >= 0.3 is 0 Å². The van der Waals surface area contributed by atoms with E-state index in [1.54, 1.807) is 14.2 Å². The summed E-state index contributed by atoms with van der Waals surface area (Å²) >= 11 is 0. The zero-order valence-electron chi connectivity index (χ0n) is 21.0. The van der Waals surface area contributed by atoms with E-state index in [9.17, 15) is 8.42 Å². The first kappa shape index (κ1) is 25.0. The summed E-state index contributed by atoms with van der Waals surface area (Å²) in [6.45, 7) is 0. The Morgan fingerprint density at radius 1 is 0.838 bits per heavy atom. The molecule has 5 rings (SSSR count). The van der Waals surface area contributed by atoms with Crippen LogP contribution in [0.15, 0.2) is 59.3 Å². The lowest BCUT2D eigenvalue weighted by atomic mass is 9.91. The summed E-state index contributed by atoms with van der Waals surface area (Å²) in [5.41, 5.74) is 3.21. The number of hydrogen-bond acceptors (Lipinski definition) is 8. The van der Waals surface area contributed by atoms with E-state index in [-0.39, 0.29) is 12.1 Å². The van der Waals surface area contributed by atoms with E-state index in [1.165, 1.54) is 12.6 Å². The molecule has 2 aromatic heterocycles.